The maximum absolute atomic E-state index is 13.6. The highest BCUT2D eigenvalue weighted by molar-refractivity contribution is 7.92. The number of halogens is 2. The Bertz CT molecular complexity index is 841. The predicted molar refractivity (Wildman–Crippen MR) is 98.3 cm³/mol. The van der Waals surface area contributed by atoms with Gasteiger partial charge < -0.3 is 14.5 Å². The number of anilines is 1. The Labute approximate surface area is 162 Å². The first-order valence-electron chi connectivity index (χ1n) is 8.71. The van der Waals surface area contributed by atoms with Gasteiger partial charge in [0.25, 0.3) is 0 Å². The number of carbonyl (C=O) groups is 2. The van der Waals surface area contributed by atoms with Crippen LogP contribution in [-0.2, 0) is 19.6 Å². The van der Waals surface area contributed by atoms with Gasteiger partial charge in [-0.2, -0.15) is 0 Å². The molecule has 28 heavy (non-hydrogen) atoms. The van der Waals surface area contributed by atoms with E-state index < -0.39 is 39.7 Å². The van der Waals surface area contributed by atoms with Gasteiger partial charge in [-0.05, 0) is 26.0 Å². The number of hydrogen-bond acceptors (Lipinski definition) is 5. The van der Waals surface area contributed by atoms with Gasteiger partial charge in [-0.3, -0.25) is 9.10 Å². The molecule has 156 valence electrons. The van der Waals surface area contributed by atoms with E-state index in [1.165, 1.54) is 16.7 Å². The van der Waals surface area contributed by atoms with Gasteiger partial charge in [0.2, 0.25) is 15.9 Å². The van der Waals surface area contributed by atoms with E-state index >= 15 is 0 Å². The highest BCUT2D eigenvalue weighted by atomic mass is 32.2. The average Bonchev–Trinajstić information content (AvgIpc) is 2.63. The molecule has 1 fully saturated rings. The molecule has 1 aliphatic rings. The Balaban J connectivity index is 2.17. The maximum atomic E-state index is 13.6. The quantitative estimate of drug-likeness (QED) is 0.721. The van der Waals surface area contributed by atoms with Crippen molar-refractivity contribution in [2.24, 2.45) is 0 Å². The molecule has 1 aromatic rings. The number of ether oxygens (including phenoxy) is 1. The van der Waals surface area contributed by atoms with E-state index in [0.29, 0.717) is 0 Å². The molecule has 0 spiro atoms. The third-order valence-electron chi connectivity index (χ3n) is 4.34. The molecule has 2 amide bonds. The summed E-state index contributed by atoms with van der Waals surface area (Å²) in [6.45, 7) is 4.23. The fourth-order valence-electron chi connectivity index (χ4n) is 3.01. The Morgan fingerprint density at radius 1 is 1.14 bits per heavy atom. The van der Waals surface area contributed by atoms with Crippen LogP contribution in [0.3, 0.4) is 0 Å². The number of carbonyl (C=O) groups excluding carboxylic acids is 2. The Hall–Kier alpha value is -2.43. The van der Waals surface area contributed by atoms with Gasteiger partial charge in [0.1, 0.15) is 6.04 Å². The number of nitrogens with zero attached hydrogens (tertiary/aromatic N) is 3. The highest BCUT2D eigenvalue weighted by Crippen LogP contribution is 2.24. The molecule has 1 aliphatic heterocycles. The summed E-state index contributed by atoms with van der Waals surface area (Å²) in [4.78, 5) is 27.5. The first-order chi connectivity index (χ1) is 13.1. The standard InChI is InChI=1S/C17H23F2N3O5S/c1-4-27-17(24)21-9-7-20(8-10-21)16(23)12(2)22(28(3,25)26)13-5-6-14(18)15(19)11-13/h5-6,11-12H,4,7-10H2,1-3H3/t12-/m1/s1. The largest absolute Gasteiger partial charge is 0.450 e. The van der Waals surface area contributed by atoms with E-state index in [-0.39, 0.29) is 38.5 Å². The second kappa shape index (κ2) is 8.72. The van der Waals surface area contributed by atoms with Crippen molar-refractivity contribution in [1.82, 2.24) is 9.80 Å². The molecule has 0 saturated carbocycles. The molecule has 0 aromatic heterocycles. The molecule has 8 nitrogen and oxygen atoms in total. The number of amides is 2. The van der Waals surface area contributed by atoms with Crippen molar-refractivity contribution in [2.45, 2.75) is 19.9 Å². The normalized spacial score (nSPS) is 15.9. The van der Waals surface area contributed by atoms with Crippen LogP contribution in [0, 0.1) is 11.6 Å². The summed E-state index contributed by atoms with van der Waals surface area (Å²) in [6.07, 6.45) is 0.415. The zero-order valence-corrected chi connectivity index (χ0v) is 16.7. The topological polar surface area (TPSA) is 87.2 Å². The lowest BCUT2D eigenvalue weighted by atomic mass is 10.2. The lowest BCUT2D eigenvalue weighted by Gasteiger charge is -2.37. The Morgan fingerprint density at radius 2 is 1.71 bits per heavy atom. The summed E-state index contributed by atoms with van der Waals surface area (Å²) in [6, 6.07) is 1.47. The summed E-state index contributed by atoms with van der Waals surface area (Å²) >= 11 is 0. The summed E-state index contributed by atoms with van der Waals surface area (Å²) in [5, 5.41) is 0. The van der Waals surface area contributed by atoms with Crippen molar-refractivity contribution in [3.8, 4) is 0 Å². The zero-order chi connectivity index (χ0) is 21.1. The van der Waals surface area contributed by atoms with Crippen molar-refractivity contribution in [1.29, 1.82) is 0 Å². The lowest BCUT2D eigenvalue weighted by Crippen LogP contribution is -2.56. The van der Waals surface area contributed by atoms with Crippen LogP contribution in [0.4, 0.5) is 19.3 Å². The van der Waals surface area contributed by atoms with Crippen LogP contribution in [0.15, 0.2) is 18.2 Å². The van der Waals surface area contributed by atoms with Crippen LogP contribution in [0.25, 0.3) is 0 Å². The smallest absolute Gasteiger partial charge is 0.409 e. The first kappa shape index (κ1) is 21.9. The second-order valence-electron chi connectivity index (χ2n) is 6.34. The van der Waals surface area contributed by atoms with Gasteiger partial charge in [-0.15, -0.1) is 0 Å². The fraction of sp³-hybridized carbons (Fsp3) is 0.529. The van der Waals surface area contributed by atoms with Gasteiger partial charge in [-0.1, -0.05) is 0 Å². The Kier molecular flexibility index (Phi) is 6.81. The van der Waals surface area contributed by atoms with Gasteiger partial charge >= 0.3 is 6.09 Å². The van der Waals surface area contributed by atoms with Crippen molar-refractivity contribution < 1.29 is 31.5 Å². The number of sulfonamides is 1. The van der Waals surface area contributed by atoms with E-state index in [9.17, 15) is 26.8 Å². The minimum absolute atomic E-state index is 0.146. The summed E-state index contributed by atoms with van der Waals surface area (Å²) < 4.78 is 56.9. The third kappa shape index (κ3) is 4.89. The van der Waals surface area contributed by atoms with E-state index in [0.717, 1.165) is 28.8 Å². The summed E-state index contributed by atoms with van der Waals surface area (Å²) in [5.74, 6) is -2.83. The zero-order valence-electron chi connectivity index (χ0n) is 15.9. The molecule has 0 unspecified atom stereocenters. The summed E-state index contributed by atoms with van der Waals surface area (Å²) in [7, 11) is -3.95. The molecule has 1 heterocycles. The van der Waals surface area contributed by atoms with Crippen molar-refractivity contribution in [3.05, 3.63) is 29.8 Å². The van der Waals surface area contributed by atoms with Gasteiger partial charge in [-0.25, -0.2) is 22.0 Å². The third-order valence-corrected chi connectivity index (χ3v) is 5.58. The molecule has 2 rings (SSSR count). The molecule has 1 saturated heterocycles. The molecular weight excluding hydrogens is 396 g/mol. The van der Waals surface area contributed by atoms with E-state index in [1.807, 2.05) is 0 Å². The van der Waals surface area contributed by atoms with Gasteiger partial charge in [0.15, 0.2) is 11.6 Å². The van der Waals surface area contributed by atoms with Crippen LogP contribution in [0.1, 0.15) is 13.8 Å². The summed E-state index contributed by atoms with van der Waals surface area (Å²) in [5.41, 5.74) is -0.146. The van der Waals surface area contributed by atoms with Crippen LogP contribution in [0.2, 0.25) is 0 Å². The molecule has 1 atom stereocenters. The maximum Gasteiger partial charge on any atom is 0.409 e. The SMILES string of the molecule is CCOC(=O)N1CCN(C(=O)[C@@H](C)N(c2ccc(F)c(F)c2)S(C)(=O)=O)CC1. The van der Waals surface area contributed by atoms with Crippen molar-refractivity contribution >= 4 is 27.7 Å². The molecule has 0 aliphatic carbocycles. The van der Waals surface area contributed by atoms with E-state index in [1.54, 1.807) is 6.92 Å². The number of hydrogen-bond donors (Lipinski definition) is 0. The fourth-order valence-corrected chi connectivity index (χ4v) is 4.17. The highest BCUT2D eigenvalue weighted by Gasteiger charge is 2.34. The molecule has 11 heteroatoms. The number of benzene rings is 1. The average molecular weight is 419 g/mol. The molecule has 0 radical (unpaired) electrons. The molecule has 1 aromatic carbocycles. The molecule has 0 bridgehead atoms. The van der Waals surface area contributed by atoms with Crippen LogP contribution < -0.4 is 4.31 Å². The van der Waals surface area contributed by atoms with Crippen LogP contribution in [0.5, 0.6) is 0 Å². The minimum Gasteiger partial charge on any atom is -0.450 e. The monoisotopic (exact) mass is 419 g/mol. The van der Waals surface area contributed by atoms with Gasteiger partial charge in [0.05, 0.1) is 18.6 Å². The number of piperazine rings is 1. The van der Waals surface area contributed by atoms with E-state index in [2.05, 4.69) is 0 Å². The Morgan fingerprint density at radius 3 is 2.21 bits per heavy atom. The first-order valence-corrected chi connectivity index (χ1v) is 10.6. The number of rotatable bonds is 5. The predicted octanol–water partition coefficient (Wildman–Crippen LogP) is 1.42. The minimum atomic E-state index is -3.95. The molecule has 0 N–H and O–H groups in total. The van der Waals surface area contributed by atoms with Crippen LogP contribution in [-0.4, -0.2) is 75.3 Å². The van der Waals surface area contributed by atoms with Crippen LogP contribution >= 0.6 is 0 Å². The second-order valence-corrected chi connectivity index (χ2v) is 8.20. The lowest BCUT2D eigenvalue weighted by molar-refractivity contribution is -0.133. The van der Waals surface area contributed by atoms with Gasteiger partial charge in [0, 0.05) is 32.2 Å². The molecular formula is C17H23F2N3O5S. The van der Waals surface area contributed by atoms with Crippen molar-refractivity contribution in [2.75, 3.05) is 43.3 Å². The van der Waals surface area contributed by atoms with E-state index in [4.69, 9.17) is 4.74 Å². The van der Waals surface area contributed by atoms with Crippen molar-refractivity contribution in [3.63, 3.8) is 0 Å².